The molecule has 0 bridgehead atoms. The van der Waals surface area contributed by atoms with Crippen molar-refractivity contribution in [2.45, 2.75) is 5.41 Å². The van der Waals surface area contributed by atoms with Gasteiger partial charge in [-0.3, -0.25) is 0 Å². The first-order valence-corrected chi connectivity index (χ1v) is 9.35. The fourth-order valence-electron chi connectivity index (χ4n) is 5.75. The molecular weight excluding hydrogens is 328 g/mol. The van der Waals surface area contributed by atoms with Crippen LogP contribution in [0, 0.1) is 0 Å². The molecule has 1 unspecified atom stereocenters. The SMILES string of the molecule is Nc1cccc2c1C13c4ccccc4-c4cccc(c41)Nc1cccc-2c13. The Hall–Kier alpha value is -3.52. The van der Waals surface area contributed by atoms with Gasteiger partial charge in [-0.1, -0.05) is 60.7 Å². The lowest BCUT2D eigenvalue weighted by Gasteiger charge is -2.37. The summed E-state index contributed by atoms with van der Waals surface area (Å²) in [5.74, 6) is 0. The van der Waals surface area contributed by atoms with Crippen molar-refractivity contribution in [3.05, 3.63) is 101 Å². The van der Waals surface area contributed by atoms with Crippen molar-refractivity contribution < 1.29 is 0 Å². The number of hydrogen-bond acceptors (Lipinski definition) is 2. The van der Waals surface area contributed by atoms with Crippen molar-refractivity contribution in [1.82, 2.24) is 0 Å². The molecule has 0 aromatic heterocycles. The zero-order chi connectivity index (χ0) is 17.8. The quantitative estimate of drug-likeness (QED) is 0.348. The van der Waals surface area contributed by atoms with Gasteiger partial charge in [0.05, 0.1) is 5.41 Å². The Morgan fingerprint density at radius 3 is 1.85 bits per heavy atom. The van der Waals surface area contributed by atoms with Gasteiger partial charge < -0.3 is 11.1 Å². The highest BCUT2D eigenvalue weighted by atomic mass is 14.9. The Balaban J connectivity index is 1.82. The van der Waals surface area contributed by atoms with Crippen LogP contribution in [-0.4, -0.2) is 0 Å². The smallest absolute Gasteiger partial charge is 0.0786 e. The van der Waals surface area contributed by atoms with E-state index in [1.807, 2.05) is 6.07 Å². The van der Waals surface area contributed by atoms with Gasteiger partial charge in [-0.2, -0.15) is 0 Å². The minimum absolute atomic E-state index is 0.319. The third-order valence-corrected chi connectivity index (χ3v) is 6.53. The second kappa shape index (κ2) is 4.24. The van der Waals surface area contributed by atoms with Crippen LogP contribution in [-0.2, 0) is 5.41 Å². The highest BCUT2D eigenvalue weighted by Crippen LogP contribution is 2.68. The van der Waals surface area contributed by atoms with Crippen molar-refractivity contribution >= 4 is 17.1 Å². The number of hydrogen-bond donors (Lipinski definition) is 2. The van der Waals surface area contributed by atoms with Gasteiger partial charge in [-0.25, -0.2) is 0 Å². The molecule has 2 heteroatoms. The van der Waals surface area contributed by atoms with Crippen molar-refractivity contribution in [1.29, 1.82) is 0 Å². The molecule has 4 aromatic carbocycles. The Bertz CT molecular complexity index is 1280. The van der Waals surface area contributed by atoms with E-state index in [0.717, 1.165) is 5.69 Å². The molecule has 126 valence electrons. The van der Waals surface area contributed by atoms with E-state index in [9.17, 15) is 0 Å². The lowest BCUT2D eigenvalue weighted by molar-refractivity contribution is 0.791. The van der Waals surface area contributed by atoms with E-state index in [-0.39, 0.29) is 5.41 Å². The summed E-state index contributed by atoms with van der Waals surface area (Å²) in [5.41, 5.74) is 20.1. The van der Waals surface area contributed by atoms with Gasteiger partial charge in [-0.05, 0) is 46.0 Å². The Morgan fingerprint density at radius 1 is 0.556 bits per heavy atom. The topological polar surface area (TPSA) is 38.0 Å². The molecular formula is C25H16N2. The fraction of sp³-hybridized carbons (Fsp3) is 0.0400. The second-order valence-electron chi connectivity index (χ2n) is 7.65. The first-order valence-electron chi connectivity index (χ1n) is 9.35. The molecule has 27 heavy (non-hydrogen) atoms. The maximum absolute atomic E-state index is 6.67. The van der Waals surface area contributed by atoms with E-state index in [1.165, 1.54) is 55.9 Å². The van der Waals surface area contributed by atoms with Crippen LogP contribution in [0.25, 0.3) is 22.3 Å². The molecule has 1 aliphatic heterocycles. The molecule has 3 N–H and O–H groups in total. The third-order valence-electron chi connectivity index (χ3n) is 6.53. The maximum atomic E-state index is 6.67. The van der Waals surface area contributed by atoms with E-state index in [0.29, 0.717) is 0 Å². The molecule has 4 aromatic rings. The number of fused-ring (bicyclic) bond motifs is 4. The molecule has 1 atom stereocenters. The van der Waals surface area contributed by atoms with Crippen molar-refractivity contribution in [2.75, 3.05) is 11.1 Å². The third kappa shape index (κ3) is 1.29. The second-order valence-corrected chi connectivity index (χ2v) is 7.65. The first-order chi connectivity index (χ1) is 13.3. The number of nitrogen functional groups attached to an aromatic ring is 1. The average Bonchev–Trinajstić information content (AvgIpc) is 3.18. The van der Waals surface area contributed by atoms with Gasteiger partial charge in [0.2, 0.25) is 0 Å². The molecule has 0 amide bonds. The van der Waals surface area contributed by atoms with Crippen LogP contribution >= 0.6 is 0 Å². The monoisotopic (exact) mass is 344 g/mol. The lowest BCUT2D eigenvalue weighted by Crippen LogP contribution is -2.31. The summed E-state index contributed by atoms with van der Waals surface area (Å²) < 4.78 is 0. The van der Waals surface area contributed by atoms with E-state index >= 15 is 0 Å². The summed E-state index contributed by atoms with van der Waals surface area (Å²) in [6, 6.07) is 28.3. The number of nitrogens with two attached hydrogens (primary N) is 1. The number of rotatable bonds is 0. The highest BCUT2D eigenvalue weighted by molar-refractivity contribution is 6.04. The normalized spacial score (nSPS) is 19.0. The van der Waals surface area contributed by atoms with E-state index < -0.39 is 0 Å². The number of nitrogens with one attached hydrogen (secondary N) is 1. The molecule has 7 rings (SSSR count). The zero-order valence-corrected chi connectivity index (χ0v) is 14.6. The van der Waals surface area contributed by atoms with Crippen LogP contribution in [0.15, 0.2) is 78.9 Å². The minimum Gasteiger partial charge on any atom is -0.398 e. The fourth-order valence-corrected chi connectivity index (χ4v) is 5.75. The molecule has 0 saturated heterocycles. The summed E-state index contributed by atoms with van der Waals surface area (Å²) in [5, 5.41) is 3.71. The van der Waals surface area contributed by atoms with E-state index in [4.69, 9.17) is 5.73 Å². The van der Waals surface area contributed by atoms with Crippen LogP contribution in [0.1, 0.15) is 22.3 Å². The predicted molar refractivity (Wildman–Crippen MR) is 110 cm³/mol. The van der Waals surface area contributed by atoms with Crippen LogP contribution in [0.4, 0.5) is 17.1 Å². The molecule has 0 radical (unpaired) electrons. The highest BCUT2D eigenvalue weighted by Gasteiger charge is 2.56. The molecule has 3 aliphatic rings. The van der Waals surface area contributed by atoms with E-state index in [1.54, 1.807) is 0 Å². The van der Waals surface area contributed by atoms with Gasteiger partial charge in [0.15, 0.2) is 0 Å². The van der Waals surface area contributed by atoms with Gasteiger partial charge >= 0.3 is 0 Å². The van der Waals surface area contributed by atoms with Crippen LogP contribution in [0.5, 0.6) is 0 Å². The molecule has 0 fully saturated rings. The van der Waals surface area contributed by atoms with Crippen LogP contribution in [0.3, 0.4) is 0 Å². The zero-order valence-electron chi connectivity index (χ0n) is 14.6. The van der Waals surface area contributed by atoms with Gasteiger partial charge in [0, 0.05) is 33.8 Å². The molecule has 1 spiro atoms. The summed E-state index contributed by atoms with van der Waals surface area (Å²) >= 11 is 0. The lowest BCUT2D eigenvalue weighted by atomic mass is 9.67. The van der Waals surface area contributed by atoms with Gasteiger partial charge in [-0.15, -0.1) is 0 Å². The molecule has 0 saturated carbocycles. The summed E-state index contributed by atoms with van der Waals surface area (Å²) in [6.07, 6.45) is 0. The molecule has 1 heterocycles. The maximum Gasteiger partial charge on any atom is 0.0786 e. The van der Waals surface area contributed by atoms with Gasteiger partial charge in [0.1, 0.15) is 0 Å². The van der Waals surface area contributed by atoms with Crippen LogP contribution in [0.2, 0.25) is 0 Å². The van der Waals surface area contributed by atoms with Crippen LogP contribution < -0.4 is 11.1 Å². The number of anilines is 3. The van der Waals surface area contributed by atoms with Crippen molar-refractivity contribution in [3.63, 3.8) is 0 Å². The van der Waals surface area contributed by atoms with Crippen molar-refractivity contribution in [2.24, 2.45) is 0 Å². The largest absolute Gasteiger partial charge is 0.398 e. The minimum atomic E-state index is -0.319. The first kappa shape index (κ1) is 13.7. The summed E-state index contributed by atoms with van der Waals surface area (Å²) in [4.78, 5) is 0. The standard InChI is InChI=1S/C25H16N2/c26-19-11-3-7-16-17-9-5-13-21-24(17)25(22(16)19)18-10-2-1-6-14(18)15-8-4-12-20(27-21)23(15)25/h1-13,27H,26H2. The molecule has 2 aliphatic carbocycles. The number of benzene rings is 4. The summed E-state index contributed by atoms with van der Waals surface area (Å²) in [6.45, 7) is 0. The summed E-state index contributed by atoms with van der Waals surface area (Å²) in [7, 11) is 0. The van der Waals surface area contributed by atoms with Crippen molar-refractivity contribution in [3.8, 4) is 22.3 Å². The Morgan fingerprint density at radius 2 is 1.11 bits per heavy atom. The molecule has 2 nitrogen and oxygen atoms in total. The predicted octanol–water partition coefficient (Wildman–Crippen LogP) is 5.67. The Kier molecular flexibility index (Phi) is 2.14. The Labute approximate surface area is 157 Å². The average molecular weight is 344 g/mol. The van der Waals surface area contributed by atoms with Gasteiger partial charge in [0.25, 0.3) is 0 Å². The van der Waals surface area contributed by atoms with E-state index in [2.05, 4.69) is 78.1 Å².